The van der Waals surface area contributed by atoms with Gasteiger partial charge in [-0.3, -0.25) is 9.59 Å². The van der Waals surface area contributed by atoms with Gasteiger partial charge in [0.1, 0.15) is 5.75 Å². The Bertz CT molecular complexity index is 1480. The van der Waals surface area contributed by atoms with Crippen LogP contribution in [0, 0.1) is 0 Å². The molecule has 0 radical (unpaired) electrons. The molecule has 2 atom stereocenters. The minimum atomic E-state index is -3.95. The van der Waals surface area contributed by atoms with Crippen LogP contribution in [-0.2, 0) is 33.8 Å². The van der Waals surface area contributed by atoms with Gasteiger partial charge in [-0.25, -0.2) is 13.2 Å². The Morgan fingerprint density at radius 2 is 1.83 bits per heavy atom. The quantitative estimate of drug-likeness (QED) is 0.202. The molecule has 4 rings (SSSR count). The number of nitrogens with one attached hydrogen (secondary N) is 1. The highest BCUT2D eigenvalue weighted by molar-refractivity contribution is 7.89. The second-order valence-corrected chi connectivity index (χ2v) is 12.7. The molecule has 0 aromatic heterocycles. The number of allylic oxidation sites excluding steroid dienone is 1. The molecule has 1 saturated heterocycles. The summed E-state index contributed by atoms with van der Waals surface area (Å²) in [6, 6.07) is 12.7. The number of hydrogen-bond donors (Lipinski definition) is 2. The zero-order chi connectivity index (χ0) is 33.1. The molecule has 2 aliphatic rings. The van der Waals surface area contributed by atoms with Crippen molar-refractivity contribution in [2.45, 2.75) is 42.8 Å². The molecule has 0 bridgehead atoms. The molecule has 0 saturated carbocycles. The molecule has 2 heterocycles. The number of carbonyl (C=O) groups is 3. The summed E-state index contributed by atoms with van der Waals surface area (Å²) >= 11 is 0. The fourth-order valence-electron chi connectivity index (χ4n) is 5.28. The van der Waals surface area contributed by atoms with Gasteiger partial charge in [0.2, 0.25) is 22.2 Å². The van der Waals surface area contributed by atoms with Gasteiger partial charge < -0.3 is 34.3 Å². The Labute approximate surface area is 269 Å². The van der Waals surface area contributed by atoms with Crippen LogP contribution in [0.15, 0.2) is 65.3 Å². The topological polar surface area (TPSA) is 161 Å². The molecule has 2 amide bonds. The Hall–Kier alpha value is -3.98. The largest absolute Gasteiger partial charge is 0.497 e. The van der Waals surface area contributed by atoms with Gasteiger partial charge in [0.15, 0.2) is 5.76 Å². The molecule has 2 aliphatic heterocycles. The fourth-order valence-corrected chi connectivity index (χ4v) is 6.70. The number of carbonyl (C=O) groups excluding carboxylic acids is 3. The predicted octanol–water partition coefficient (Wildman–Crippen LogP) is 2.02. The van der Waals surface area contributed by atoms with Gasteiger partial charge in [0.05, 0.1) is 37.9 Å². The Morgan fingerprint density at radius 3 is 2.46 bits per heavy atom. The van der Waals surface area contributed by atoms with Gasteiger partial charge in [0.25, 0.3) is 5.91 Å². The van der Waals surface area contributed by atoms with Crippen LogP contribution in [0.25, 0.3) is 0 Å². The average molecular weight is 660 g/mol. The minimum Gasteiger partial charge on any atom is -0.497 e. The number of ether oxygens (including phenoxy) is 4. The number of methoxy groups -OCH3 is 2. The highest BCUT2D eigenvalue weighted by atomic mass is 32.2. The first-order valence-electron chi connectivity index (χ1n) is 15.2. The summed E-state index contributed by atoms with van der Waals surface area (Å²) < 4.78 is 49.5. The molecule has 13 nitrogen and oxygen atoms in total. The lowest BCUT2D eigenvalue weighted by molar-refractivity contribution is -0.146. The Kier molecular flexibility index (Phi) is 12.5. The van der Waals surface area contributed by atoms with Gasteiger partial charge in [-0.2, -0.15) is 4.31 Å². The van der Waals surface area contributed by atoms with Crippen LogP contribution in [-0.4, -0.2) is 107 Å². The predicted molar refractivity (Wildman–Crippen MR) is 166 cm³/mol. The molecular formula is C32H41N3O10S. The van der Waals surface area contributed by atoms with E-state index in [0.717, 1.165) is 22.8 Å². The maximum absolute atomic E-state index is 13.3. The van der Waals surface area contributed by atoms with Crippen LogP contribution < -0.4 is 10.1 Å². The smallest absolute Gasteiger partial charge is 0.337 e. The Balaban J connectivity index is 1.42. The number of benzene rings is 2. The van der Waals surface area contributed by atoms with Crippen LogP contribution in [0.3, 0.4) is 0 Å². The van der Waals surface area contributed by atoms with Crippen molar-refractivity contribution in [2.24, 2.45) is 0 Å². The van der Waals surface area contributed by atoms with Crippen molar-refractivity contribution in [3.8, 4) is 5.75 Å². The lowest BCUT2D eigenvalue weighted by Gasteiger charge is -2.30. The summed E-state index contributed by atoms with van der Waals surface area (Å²) in [7, 11) is -1.16. The molecule has 1 fully saturated rings. The number of nitrogens with zero attached hydrogens (tertiary/aromatic N) is 2. The van der Waals surface area contributed by atoms with Crippen molar-refractivity contribution in [2.75, 3.05) is 60.2 Å². The lowest BCUT2D eigenvalue weighted by Crippen LogP contribution is -2.38. The van der Waals surface area contributed by atoms with Crippen LogP contribution in [0.1, 0.15) is 47.5 Å². The molecule has 14 heteroatoms. The first-order valence-corrected chi connectivity index (χ1v) is 16.6. The van der Waals surface area contributed by atoms with E-state index in [1.54, 1.807) is 47.4 Å². The number of likely N-dealkylation sites (tertiary alicyclic amines) is 1. The van der Waals surface area contributed by atoms with E-state index in [1.165, 1.54) is 26.4 Å². The molecule has 2 aromatic rings. The number of hydrogen-bond acceptors (Lipinski definition) is 10. The summed E-state index contributed by atoms with van der Waals surface area (Å²) in [4.78, 5) is 38.7. The highest BCUT2D eigenvalue weighted by Gasteiger charge is 2.30. The van der Waals surface area contributed by atoms with Crippen molar-refractivity contribution in [3.05, 3.63) is 71.5 Å². The number of esters is 1. The molecule has 2 aromatic carbocycles. The van der Waals surface area contributed by atoms with E-state index in [1.807, 2.05) is 0 Å². The van der Waals surface area contributed by atoms with Crippen molar-refractivity contribution in [3.63, 3.8) is 0 Å². The van der Waals surface area contributed by atoms with Gasteiger partial charge in [0, 0.05) is 51.5 Å². The third-order valence-corrected chi connectivity index (χ3v) is 9.71. The maximum Gasteiger partial charge on any atom is 0.337 e. The standard InChI is InChI=1S/C32H41N3O10S/c1-42-26-10-12-27(13-11-26)46(40,41)35(17-19-36)18-20-44-30-22-25(23-6-8-24(9-7-23)32(39)43-2)21-28(45-30)31(38)33-14-4-16-34-15-3-5-29(34)37/h6-13,21,25,30,36H,3-5,14-20,22H2,1-2H3,(H,33,38)/t25-,30+/m0/s1. The van der Waals surface area contributed by atoms with E-state index in [0.29, 0.717) is 43.7 Å². The third kappa shape index (κ3) is 9.06. The normalized spacial score (nSPS) is 18.2. The van der Waals surface area contributed by atoms with Gasteiger partial charge in [-0.05, 0) is 60.9 Å². The van der Waals surface area contributed by atoms with E-state index in [2.05, 4.69) is 5.32 Å². The number of aliphatic hydroxyl groups excluding tert-OH is 1. The molecule has 46 heavy (non-hydrogen) atoms. The molecule has 250 valence electrons. The molecular weight excluding hydrogens is 618 g/mol. The molecule has 0 spiro atoms. The van der Waals surface area contributed by atoms with E-state index >= 15 is 0 Å². The van der Waals surface area contributed by atoms with Crippen LogP contribution >= 0.6 is 0 Å². The molecule has 0 aliphatic carbocycles. The van der Waals surface area contributed by atoms with Crippen molar-refractivity contribution in [1.82, 2.24) is 14.5 Å². The molecule has 2 N–H and O–H groups in total. The average Bonchev–Trinajstić information content (AvgIpc) is 3.49. The van der Waals surface area contributed by atoms with Gasteiger partial charge in [-0.15, -0.1) is 0 Å². The molecule has 0 unspecified atom stereocenters. The summed E-state index contributed by atoms with van der Waals surface area (Å²) in [6.07, 6.45) is 3.11. The first kappa shape index (κ1) is 34.9. The van der Waals surface area contributed by atoms with Crippen LogP contribution in [0.5, 0.6) is 5.75 Å². The van der Waals surface area contributed by atoms with E-state index in [-0.39, 0.29) is 42.2 Å². The van der Waals surface area contributed by atoms with Gasteiger partial charge >= 0.3 is 5.97 Å². The number of aliphatic hydroxyl groups is 1. The summed E-state index contributed by atoms with van der Waals surface area (Å²) in [5.41, 5.74) is 1.19. The zero-order valence-electron chi connectivity index (χ0n) is 26.1. The number of sulfonamides is 1. The minimum absolute atomic E-state index is 0.0436. The van der Waals surface area contributed by atoms with Crippen LogP contribution in [0.4, 0.5) is 0 Å². The second kappa shape index (κ2) is 16.5. The number of amides is 2. The fraction of sp³-hybridized carbons (Fsp3) is 0.469. The van der Waals surface area contributed by atoms with E-state index in [9.17, 15) is 27.9 Å². The zero-order valence-corrected chi connectivity index (χ0v) is 26.9. The lowest BCUT2D eigenvalue weighted by atomic mass is 9.92. The van der Waals surface area contributed by atoms with Crippen molar-refractivity contribution in [1.29, 1.82) is 0 Å². The van der Waals surface area contributed by atoms with Crippen molar-refractivity contribution < 1.29 is 46.9 Å². The Morgan fingerprint density at radius 1 is 1.09 bits per heavy atom. The number of rotatable bonds is 16. The SMILES string of the molecule is COC(=O)c1ccc([C@H]2C=C(C(=O)NCCCN3CCCC3=O)O[C@@H](OCCN(CCO)S(=O)(=O)c3ccc(OC)cc3)C2)cc1. The third-order valence-electron chi connectivity index (χ3n) is 7.79. The summed E-state index contributed by atoms with van der Waals surface area (Å²) in [6.45, 7) is 0.942. The first-order chi connectivity index (χ1) is 22.2. The van der Waals surface area contributed by atoms with Crippen LogP contribution in [0.2, 0.25) is 0 Å². The van der Waals surface area contributed by atoms with E-state index < -0.39 is 34.8 Å². The van der Waals surface area contributed by atoms with Gasteiger partial charge in [-0.1, -0.05) is 12.1 Å². The van der Waals surface area contributed by atoms with Crippen molar-refractivity contribution >= 4 is 27.8 Å². The maximum atomic E-state index is 13.3. The summed E-state index contributed by atoms with van der Waals surface area (Å²) in [5, 5.41) is 12.4. The second-order valence-electron chi connectivity index (χ2n) is 10.8. The van der Waals surface area contributed by atoms with E-state index in [4.69, 9.17) is 18.9 Å². The summed E-state index contributed by atoms with van der Waals surface area (Å²) in [5.74, 6) is -0.544. The monoisotopic (exact) mass is 659 g/mol. The highest BCUT2D eigenvalue weighted by Crippen LogP contribution is 2.32.